The molecule has 0 aliphatic carbocycles. The summed E-state index contributed by atoms with van der Waals surface area (Å²) in [5.74, 6) is -0.256. The van der Waals surface area contributed by atoms with E-state index in [9.17, 15) is 9.59 Å². The maximum absolute atomic E-state index is 13.8. The summed E-state index contributed by atoms with van der Waals surface area (Å²) in [6.07, 6.45) is -0.612. The van der Waals surface area contributed by atoms with Crippen molar-refractivity contribution < 1.29 is 14.3 Å². The van der Waals surface area contributed by atoms with Crippen molar-refractivity contribution in [1.29, 1.82) is 0 Å². The fourth-order valence-corrected chi connectivity index (χ4v) is 7.95. The fourth-order valence-electron chi connectivity index (χ4n) is 4.30. The number of esters is 1. The van der Waals surface area contributed by atoms with Crippen LogP contribution in [0.3, 0.4) is 0 Å². The molecule has 0 saturated carbocycles. The Hall–Kier alpha value is -3.11. The lowest BCUT2D eigenvalue weighted by Gasteiger charge is -2.48. The van der Waals surface area contributed by atoms with Gasteiger partial charge in [-0.25, -0.2) is 9.78 Å². The molecule has 2 N–H and O–H groups in total. The molecule has 9 heteroatoms. The molecule has 1 saturated heterocycles. The molecule has 180 valence electrons. The molecule has 1 amide bonds. The van der Waals surface area contributed by atoms with E-state index in [2.05, 4.69) is 0 Å². The van der Waals surface area contributed by atoms with E-state index in [4.69, 9.17) is 15.5 Å². The second-order valence-electron chi connectivity index (χ2n) is 8.36. The number of nitrogens with zero attached hydrogens (tertiary/aromatic N) is 2. The number of ether oxygens (including phenoxy) is 1. The van der Waals surface area contributed by atoms with Gasteiger partial charge in [-0.3, -0.25) is 9.69 Å². The molecule has 0 spiro atoms. The van der Waals surface area contributed by atoms with Crippen LogP contribution in [0, 0.1) is 0 Å². The third-order valence-corrected chi connectivity index (χ3v) is 9.75. The molecular weight excluding hydrogens is 511 g/mol. The largest absolute Gasteiger partial charge is 0.448 e. The van der Waals surface area contributed by atoms with Crippen LogP contribution in [0.2, 0.25) is 0 Å². The Morgan fingerprint density at radius 2 is 1.64 bits per heavy atom. The highest BCUT2D eigenvalue weighted by molar-refractivity contribution is 8.07. The van der Waals surface area contributed by atoms with E-state index < -0.39 is 18.1 Å². The van der Waals surface area contributed by atoms with Crippen molar-refractivity contribution in [3.05, 3.63) is 107 Å². The maximum atomic E-state index is 13.8. The SMILES string of the molecule is NC1C(=O)N2C(C(=O)OC(c3ccccc3)c3ccccc3)=C(Sc3nc4ccccc4s3)CS[C@@H]12. The lowest BCUT2D eigenvalue weighted by Crippen LogP contribution is -2.68. The first kappa shape index (κ1) is 23.3. The Morgan fingerprint density at radius 3 is 2.31 bits per heavy atom. The predicted molar refractivity (Wildman–Crippen MR) is 144 cm³/mol. The number of hydrogen-bond acceptors (Lipinski definition) is 8. The third kappa shape index (κ3) is 4.22. The second-order valence-corrected chi connectivity index (χ2v) is 11.8. The average molecular weight is 532 g/mol. The van der Waals surface area contributed by atoms with Crippen LogP contribution in [-0.2, 0) is 14.3 Å². The monoisotopic (exact) mass is 531 g/mol. The number of thiazole rings is 1. The van der Waals surface area contributed by atoms with E-state index in [1.807, 2.05) is 84.9 Å². The molecule has 3 heterocycles. The summed E-state index contributed by atoms with van der Waals surface area (Å²) < 4.78 is 8.04. The van der Waals surface area contributed by atoms with Gasteiger partial charge in [0.15, 0.2) is 10.4 Å². The van der Waals surface area contributed by atoms with Gasteiger partial charge in [0, 0.05) is 10.7 Å². The first-order valence-electron chi connectivity index (χ1n) is 11.4. The Kier molecular flexibility index (Phi) is 6.30. The van der Waals surface area contributed by atoms with Crippen LogP contribution in [0.5, 0.6) is 0 Å². The topological polar surface area (TPSA) is 85.5 Å². The molecule has 6 nitrogen and oxygen atoms in total. The Bertz CT molecular complexity index is 1400. The molecule has 1 aromatic heterocycles. The molecule has 6 rings (SSSR count). The van der Waals surface area contributed by atoms with Gasteiger partial charge in [0.2, 0.25) is 5.91 Å². The number of β-lactam (4-membered cyclic amide) rings is 1. The van der Waals surface area contributed by atoms with E-state index >= 15 is 0 Å². The summed E-state index contributed by atoms with van der Waals surface area (Å²) in [7, 11) is 0. The summed E-state index contributed by atoms with van der Waals surface area (Å²) in [5, 5.41) is -0.272. The van der Waals surface area contributed by atoms with Crippen LogP contribution >= 0.6 is 34.9 Å². The number of rotatable bonds is 6. The zero-order valence-electron chi connectivity index (χ0n) is 18.9. The standard InChI is InChI=1S/C27H21N3O3S3/c28-21-24(31)30-22(20(15-34-25(21)30)36-27-29-18-13-7-8-14-19(18)35-27)26(32)33-23(16-9-3-1-4-10-16)17-11-5-2-6-12-17/h1-14,21,23,25H,15,28H2/t21?,25-/m0/s1. The summed E-state index contributed by atoms with van der Waals surface area (Å²) in [5.41, 5.74) is 8.95. The number of hydrogen-bond donors (Lipinski definition) is 1. The number of para-hydroxylation sites is 1. The highest BCUT2D eigenvalue weighted by Crippen LogP contribution is 2.46. The molecule has 2 aliphatic rings. The van der Waals surface area contributed by atoms with Gasteiger partial charge in [0.05, 0.1) is 10.2 Å². The van der Waals surface area contributed by atoms with Gasteiger partial charge in [-0.1, -0.05) is 84.6 Å². The van der Waals surface area contributed by atoms with Crippen molar-refractivity contribution >= 4 is 57.0 Å². The van der Waals surface area contributed by atoms with Crippen molar-refractivity contribution in [3.63, 3.8) is 0 Å². The predicted octanol–water partition coefficient (Wildman–Crippen LogP) is 5.18. The number of fused-ring (bicyclic) bond motifs is 2. The molecule has 36 heavy (non-hydrogen) atoms. The van der Waals surface area contributed by atoms with Crippen LogP contribution in [-0.4, -0.2) is 38.9 Å². The Morgan fingerprint density at radius 1 is 1.00 bits per heavy atom. The molecule has 1 unspecified atom stereocenters. The normalized spacial score (nSPS) is 19.4. The van der Waals surface area contributed by atoms with E-state index in [1.54, 1.807) is 23.1 Å². The maximum Gasteiger partial charge on any atom is 0.356 e. The molecule has 1 fully saturated rings. The summed E-state index contributed by atoms with van der Waals surface area (Å²) >= 11 is 4.54. The van der Waals surface area contributed by atoms with E-state index in [0.29, 0.717) is 5.75 Å². The van der Waals surface area contributed by atoms with Crippen LogP contribution in [0.4, 0.5) is 0 Å². The minimum absolute atomic E-state index is 0.266. The molecule has 4 aromatic rings. The lowest BCUT2D eigenvalue weighted by atomic mass is 10.0. The number of amides is 1. The van der Waals surface area contributed by atoms with Gasteiger partial charge < -0.3 is 10.5 Å². The second kappa shape index (κ2) is 9.74. The van der Waals surface area contributed by atoms with Gasteiger partial charge in [-0.15, -0.1) is 23.1 Å². The van der Waals surface area contributed by atoms with Gasteiger partial charge in [0.1, 0.15) is 17.1 Å². The van der Waals surface area contributed by atoms with Gasteiger partial charge >= 0.3 is 5.97 Å². The average Bonchev–Trinajstić information content (AvgIpc) is 3.34. The molecular formula is C27H21N3O3S3. The quantitative estimate of drug-likeness (QED) is 0.271. The minimum Gasteiger partial charge on any atom is -0.448 e. The first-order chi connectivity index (χ1) is 17.6. The third-order valence-electron chi connectivity index (χ3n) is 6.08. The highest BCUT2D eigenvalue weighted by atomic mass is 32.2. The van der Waals surface area contributed by atoms with E-state index in [0.717, 1.165) is 30.6 Å². The van der Waals surface area contributed by atoms with Crippen LogP contribution in [0.25, 0.3) is 10.2 Å². The number of thioether (sulfide) groups is 2. The summed E-state index contributed by atoms with van der Waals surface area (Å²) in [6.45, 7) is 0. The van der Waals surface area contributed by atoms with E-state index in [-0.39, 0.29) is 17.0 Å². The van der Waals surface area contributed by atoms with Crippen molar-refractivity contribution in [1.82, 2.24) is 9.88 Å². The van der Waals surface area contributed by atoms with Crippen LogP contribution < -0.4 is 5.73 Å². The van der Waals surface area contributed by atoms with Crippen LogP contribution in [0.15, 0.2) is 99.9 Å². The fraction of sp³-hybridized carbons (Fsp3) is 0.148. The van der Waals surface area contributed by atoms with Crippen LogP contribution in [0.1, 0.15) is 17.2 Å². The number of benzene rings is 3. The van der Waals surface area contributed by atoms with Crippen molar-refractivity contribution in [2.24, 2.45) is 5.73 Å². The molecule has 0 radical (unpaired) electrons. The smallest absolute Gasteiger partial charge is 0.356 e. The summed E-state index contributed by atoms with van der Waals surface area (Å²) in [4.78, 5) is 33.6. The molecule has 3 aromatic carbocycles. The lowest BCUT2D eigenvalue weighted by molar-refractivity contribution is -0.152. The Balaban J connectivity index is 1.38. The van der Waals surface area contributed by atoms with Gasteiger partial charge in [-0.05, 0) is 23.3 Å². The zero-order chi connectivity index (χ0) is 24.6. The number of carbonyl (C=O) groups excluding carboxylic acids is 2. The highest BCUT2D eigenvalue weighted by Gasteiger charge is 2.52. The number of nitrogens with two attached hydrogens (primary N) is 1. The zero-order valence-corrected chi connectivity index (χ0v) is 21.4. The summed E-state index contributed by atoms with van der Waals surface area (Å²) in [6, 6.07) is 26.5. The first-order valence-corrected chi connectivity index (χ1v) is 14.1. The van der Waals surface area contributed by atoms with Crippen molar-refractivity contribution in [2.45, 2.75) is 21.9 Å². The number of aromatic nitrogens is 1. The molecule has 0 bridgehead atoms. The van der Waals surface area contributed by atoms with Gasteiger partial charge in [0.25, 0.3) is 0 Å². The Labute approximate surface area is 220 Å². The van der Waals surface area contributed by atoms with Crippen molar-refractivity contribution in [2.75, 3.05) is 5.75 Å². The molecule has 2 atom stereocenters. The van der Waals surface area contributed by atoms with E-state index in [1.165, 1.54) is 16.7 Å². The van der Waals surface area contributed by atoms with Gasteiger partial charge in [-0.2, -0.15) is 0 Å². The number of carbonyl (C=O) groups is 2. The molecule has 2 aliphatic heterocycles. The minimum atomic E-state index is -0.620. The van der Waals surface area contributed by atoms with Crippen molar-refractivity contribution in [3.8, 4) is 0 Å².